The van der Waals surface area contributed by atoms with Gasteiger partial charge in [-0.2, -0.15) is 13.2 Å². The summed E-state index contributed by atoms with van der Waals surface area (Å²) in [6, 6.07) is 0. The average molecular weight is 303 g/mol. The molecule has 1 aliphatic rings. The van der Waals surface area contributed by atoms with Crippen molar-refractivity contribution in [2.75, 3.05) is 18.0 Å². The highest BCUT2D eigenvalue weighted by Gasteiger charge is 2.41. The lowest BCUT2D eigenvalue weighted by atomic mass is 9.74. The number of piperidine rings is 1. The number of nitrogens with zero attached hydrogens (tertiary/aromatic N) is 3. The van der Waals surface area contributed by atoms with Gasteiger partial charge in [0.2, 0.25) is 5.95 Å². The van der Waals surface area contributed by atoms with Crippen LogP contribution in [0.15, 0.2) is 12.4 Å². The summed E-state index contributed by atoms with van der Waals surface area (Å²) in [5.41, 5.74) is -1.40. The van der Waals surface area contributed by atoms with Gasteiger partial charge in [-0.05, 0) is 11.8 Å². The molecule has 5 nitrogen and oxygen atoms in total. The van der Waals surface area contributed by atoms with Gasteiger partial charge in [0, 0.05) is 25.5 Å². The molecule has 1 N–H and O–H groups in total. The van der Waals surface area contributed by atoms with E-state index in [1.807, 2.05) is 13.8 Å². The summed E-state index contributed by atoms with van der Waals surface area (Å²) in [5.74, 6) is -1.14. The van der Waals surface area contributed by atoms with E-state index in [9.17, 15) is 23.1 Å². The molecule has 1 unspecified atom stereocenters. The van der Waals surface area contributed by atoms with Crippen molar-refractivity contribution in [1.82, 2.24) is 9.97 Å². The Morgan fingerprint density at radius 3 is 2.38 bits per heavy atom. The van der Waals surface area contributed by atoms with E-state index < -0.39 is 29.0 Å². The zero-order valence-electron chi connectivity index (χ0n) is 11.7. The summed E-state index contributed by atoms with van der Waals surface area (Å²) in [4.78, 5) is 20.4. The average Bonchev–Trinajstić information content (AvgIpc) is 2.36. The summed E-state index contributed by atoms with van der Waals surface area (Å²) in [5, 5.41) is 9.18. The predicted octanol–water partition coefficient (Wildman–Crippen LogP) is 2.43. The first-order valence-corrected chi connectivity index (χ1v) is 6.48. The van der Waals surface area contributed by atoms with Gasteiger partial charge in [0.15, 0.2) is 0 Å². The van der Waals surface area contributed by atoms with Crippen molar-refractivity contribution in [2.24, 2.45) is 11.3 Å². The first kappa shape index (κ1) is 15.5. The number of carbonyl (C=O) groups is 1. The molecule has 0 saturated carbocycles. The van der Waals surface area contributed by atoms with Crippen LogP contribution in [0.4, 0.5) is 19.1 Å². The summed E-state index contributed by atoms with van der Waals surface area (Å²) in [6.07, 6.45) is -2.56. The van der Waals surface area contributed by atoms with E-state index in [1.54, 1.807) is 4.90 Å². The number of carboxylic acid groups (broad SMARTS) is 1. The summed E-state index contributed by atoms with van der Waals surface area (Å²) >= 11 is 0. The molecule has 0 aliphatic carbocycles. The summed E-state index contributed by atoms with van der Waals surface area (Å²) in [7, 11) is 0. The first-order chi connectivity index (χ1) is 9.61. The molecule has 21 heavy (non-hydrogen) atoms. The maximum absolute atomic E-state index is 12.5. The third kappa shape index (κ3) is 3.25. The topological polar surface area (TPSA) is 66.3 Å². The third-order valence-corrected chi connectivity index (χ3v) is 3.78. The Kier molecular flexibility index (Phi) is 3.81. The van der Waals surface area contributed by atoms with Crippen LogP contribution in [0.5, 0.6) is 0 Å². The Bertz CT molecular complexity index is 528. The fraction of sp³-hybridized carbons (Fsp3) is 0.615. The number of rotatable bonds is 2. The number of aromatic nitrogens is 2. The number of aliphatic carboxylic acids is 1. The van der Waals surface area contributed by atoms with Gasteiger partial charge in [-0.3, -0.25) is 4.79 Å². The van der Waals surface area contributed by atoms with Crippen molar-refractivity contribution in [1.29, 1.82) is 0 Å². The molecule has 1 fully saturated rings. The van der Waals surface area contributed by atoms with Crippen molar-refractivity contribution in [3.8, 4) is 0 Å². The smallest absolute Gasteiger partial charge is 0.419 e. The van der Waals surface area contributed by atoms with Crippen LogP contribution >= 0.6 is 0 Å². The normalized spacial score (nSPS) is 22.1. The van der Waals surface area contributed by atoms with Gasteiger partial charge in [-0.1, -0.05) is 13.8 Å². The molecule has 0 amide bonds. The lowest BCUT2D eigenvalue weighted by molar-refractivity contribution is -0.146. The molecule has 1 aromatic heterocycles. The van der Waals surface area contributed by atoms with Crippen LogP contribution in [0.2, 0.25) is 0 Å². The van der Waals surface area contributed by atoms with Crippen LogP contribution < -0.4 is 4.90 Å². The number of hydrogen-bond donors (Lipinski definition) is 1. The quantitative estimate of drug-likeness (QED) is 0.909. The minimum Gasteiger partial charge on any atom is -0.481 e. The van der Waals surface area contributed by atoms with E-state index in [2.05, 4.69) is 9.97 Å². The maximum Gasteiger partial charge on any atom is 0.419 e. The number of halogens is 3. The van der Waals surface area contributed by atoms with Crippen LogP contribution in [0, 0.1) is 11.3 Å². The van der Waals surface area contributed by atoms with Gasteiger partial charge in [0.05, 0.1) is 11.5 Å². The van der Waals surface area contributed by atoms with E-state index >= 15 is 0 Å². The van der Waals surface area contributed by atoms with Crippen LogP contribution in [-0.2, 0) is 11.0 Å². The fourth-order valence-corrected chi connectivity index (χ4v) is 2.62. The Labute approximate surface area is 119 Å². The molecular formula is C13H16F3N3O2. The van der Waals surface area contributed by atoms with E-state index in [0.717, 1.165) is 12.4 Å². The molecule has 0 radical (unpaired) electrons. The lowest BCUT2D eigenvalue weighted by Crippen LogP contribution is -2.49. The molecular weight excluding hydrogens is 287 g/mol. The molecule has 2 heterocycles. The minimum absolute atomic E-state index is 0.194. The van der Waals surface area contributed by atoms with Crippen molar-refractivity contribution in [3.63, 3.8) is 0 Å². The van der Waals surface area contributed by atoms with E-state index in [-0.39, 0.29) is 5.95 Å². The molecule has 0 spiro atoms. The molecule has 1 aromatic rings. The largest absolute Gasteiger partial charge is 0.481 e. The highest BCUT2D eigenvalue weighted by molar-refractivity contribution is 5.71. The number of anilines is 1. The number of carboxylic acids is 1. The summed E-state index contributed by atoms with van der Waals surface area (Å²) < 4.78 is 37.4. The zero-order valence-corrected chi connectivity index (χ0v) is 11.7. The van der Waals surface area contributed by atoms with Crippen LogP contribution in [0.25, 0.3) is 0 Å². The Morgan fingerprint density at radius 1 is 1.38 bits per heavy atom. The van der Waals surface area contributed by atoms with Crippen LogP contribution in [0.3, 0.4) is 0 Å². The Balaban J connectivity index is 2.16. The van der Waals surface area contributed by atoms with Crippen molar-refractivity contribution in [3.05, 3.63) is 18.0 Å². The van der Waals surface area contributed by atoms with Gasteiger partial charge in [0.25, 0.3) is 0 Å². The van der Waals surface area contributed by atoms with Gasteiger partial charge < -0.3 is 10.0 Å². The second-order valence-corrected chi connectivity index (χ2v) is 5.86. The molecule has 8 heteroatoms. The summed E-state index contributed by atoms with van der Waals surface area (Å²) in [6.45, 7) is 4.44. The predicted molar refractivity (Wildman–Crippen MR) is 68.8 cm³/mol. The van der Waals surface area contributed by atoms with E-state index in [4.69, 9.17) is 0 Å². The number of alkyl halides is 3. The van der Waals surface area contributed by atoms with Gasteiger partial charge in [-0.15, -0.1) is 0 Å². The molecule has 116 valence electrons. The second kappa shape index (κ2) is 5.16. The molecule has 1 atom stereocenters. The minimum atomic E-state index is -4.46. The highest BCUT2D eigenvalue weighted by atomic mass is 19.4. The number of hydrogen-bond acceptors (Lipinski definition) is 4. The lowest BCUT2D eigenvalue weighted by Gasteiger charge is -2.42. The van der Waals surface area contributed by atoms with E-state index in [1.165, 1.54) is 0 Å². The molecule has 0 aromatic carbocycles. The third-order valence-electron chi connectivity index (χ3n) is 3.78. The van der Waals surface area contributed by atoms with Gasteiger partial charge in [-0.25, -0.2) is 9.97 Å². The van der Waals surface area contributed by atoms with Crippen molar-refractivity contribution < 1.29 is 23.1 Å². The van der Waals surface area contributed by atoms with Crippen LogP contribution in [-0.4, -0.2) is 34.1 Å². The SMILES string of the molecule is CC1(C)CN(c2ncc(C(F)(F)F)cn2)CCC1C(=O)O. The Hall–Kier alpha value is -1.86. The van der Waals surface area contributed by atoms with Gasteiger partial charge >= 0.3 is 12.1 Å². The second-order valence-electron chi connectivity index (χ2n) is 5.86. The van der Waals surface area contributed by atoms with Crippen LogP contribution in [0.1, 0.15) is 25.8 Å². The van der Waals surface area contributed by atoms with E-state index in [0.29, 0.717) is 19.5 Å². The molecule has 2 rings (SSSR count). The zero-order chi connectivity index (χ0) is 15.8. The standard InChI is InChI=1S/C13H16F3N3O2/c1-12(2)7-19(4-3-9(12)10(20)21)11-17-5-8(6-18-11)13(14,15)16/h5-6,9H,3-4,7H2,1-2H3,(H,20,21). The Morgan fingerprint density at radius 2 is 1.95 bits per heavy atom. The van der Waals surface area contributed by atoms with Crippen molar-refractivity contribution >= 4 is 11.9 Å². The van der Waals surface area contributed by atoms with Crippen molar-refractivity contribution in [2.45, 2.75) is 26.4 Å². The first-order valence-electron chi connectivity index (χ1n) is 6.48. The molecule has 0 bridgehead atoms. The monoisotopic (exact) mass is 303 g/mol. The highest BCUT2D eigenvalue weighted by Crippen LogP contribution is 2.36. The molecule has 1 saturated heterocycles. The fourth-order valence-electron chi connectivity index (χ4n) is 2.62. The maximum atomic E-state index is 12.5. The van der Waals surface area contributed by atoms with Gasteiger partial charge in [0.1, 0.15) is 0 Å². The molecule has 1 aliphatic heterocycles.